The molecule has 1 aromatic heterocycles. The van der Waals surface area contributed by atoms with E-state index in [1.54, 1.807) is 7.11 Å². The molecule has 36 heavy (non-hydrogen) atoms. The first-order chi connectivity index (χ1) is 17.7. The fourth-order valence-electron chi connectivity index (χ4n) is 4.67. The van der Waals surface area contributed by atoms with Gasteiger partial charge in [0.05, 0.1) is 12.6 Å². The number of benzene rings is 3. The van der Waals surface area contributed by atoms with Crippen molar-refractivity contribution in [3.05, 3.63) is 77.9 Å². The van der Waals surface area contributed by atoms with E-state index in [2.05, 4.69) is 51.5 Å². The third kappa shape index (κ3) is 4.72. The minimum Gasteiger partial charge on any atom is -0.497 e. The van der Waals surface area contributed by atoms with Gasteiger partial charge in [0.2, 0.25) is 12.7 Å². The van der Waals surface area contributed by atoms with E-state index < -0.39 is 0 Å². The van der Waals surface area contributed by atoms with Gasteiger partial charge < -0.3 is 24.4 Å². The second kappa shape index (κ2) is 9.91. The van der Waals surface area contributed by atoms with Crippen LogP contribution in [-0.2, 0) is 13.1 Å². The predicted octanol–water partition coefficient (Wildman–Crippen LogP) is 4.30. The molecule has 184 valence electrons. The fraction of sp³-hybridized carbons (Fsp3) is 0.286. The molecule has 1 N–H and O–H groups in total. The third-order valence-corrected chi connectivity index (χ3v) is 6.71. The smallest absolute Gasteiger partial charge is 0.231 e. The normalized spacial score (nSPS) is 15.3. The fourth-order valence-corrected chi connectivity index (χ4v) is 4.67. The summed E-state index contributed by atoms with van der Waals surface area (Å²) >= 11 is 0. The Labute approximate surface area is 210 Å². The minimum absolute atomic E-state index is 0.306. The van der Waals surface area contributed by atoms with Crippen LogP contribution < -0.4 is 24.4 Å². The Morgan fingerprint density at radius 1 is 0.861 bits per heavy atom. The Morgan fingerprint density at radius 2 is 1.64 bits per heavy atom. The van der Waals surface area contributed by atoms with E-state index >= 15 is 0 Å². The molecule has 8 heteroatoms. The maximum atomic E-state index is 5.53. The van der Waals surface area contributed by atoms with Gasteiger partial charge in [-0.25, -0.2) is 4.98 Å². The topological polar surface area (TPSA) is 72.0 Å². The van der Waals surface area contributed by atoms with E-state index in [-0.39, 0.29) is 0 Å². The van der Waals surface area contributed by atoms with Crippen molar-refractivity contribution in [2.24, 2.45) is 0 Å². The molecule has 0 atom stereocenters. The number of nitrogens with one attached hydrogen (secondary N) is 1. The second-order valence-electron chi connectivity index (χ2n) is 9.04. The average Bonchev–Trinajstić information content (AvgIpc) is 3.40. The molecule has 1 saturated heterocycles. The van der Waals surface area contributed by atoms with Crippen LogP contribution in [0.4, 0.5) is 11.8 Å². The summed E-state index contributed by atoms with van der Waals surface area (Å²) in [7, 11) is 1.68. The number of fused-ring (bicyclic) bond motifs is 2. The molecular weight excluding hydrogens is 454 g/mol. The van der Waals surface area contributed by atoms with Crippen LogP contribution in [0.25, 0.3) is 10.9 Å². The minimum atomic E-state index is 0.306. The van der Waals surface area contributed by atoms with E-state index in [4.69, 9.17) is 24.2 Å². The Kier molecular flexibility index (Phi) is 6.17. The number of rotatable bonds is 7. The summed E-state index contributed by atoms with van der Waals surface area (Å²) in [5, 5.41) is 4.56. The van der Waals surface area contributed by atoms with Crippen molar-refractivity contribution < 1.29 is 14.2 Å². The van der Waals surface area contributed by atoms with Gasteiger partial charge in [-0.3, -0.25) is 4.90 Å². The zero-order valence-electron chi connectivity index (χ0n) is 20.3. The number of ether oxygens (including phenoxy) is 3. The molecule has 0 unspecified atom stereocenters. The summed E-state index contributed by atoms with van der Waals surface area (Å²) in [6, 6.07) is 22.5. The lowest BCUT2D eigenvalue weighted by atomic mass is 10.1. The monoisotopic (exact) mass is 483 g/mol. The zero-order chi connectivity index (χ0) is 24.3. The molecule has 3 heterocycles. The number of aromatic nitrogens is 2. The molecule has 0 bridgehead atoms. The standard InChI is InChI=1S/C28H29N5O3/c1-34-22-9-6-20(7-10-22)17-29-27-23-4-2-3-5-24(23)30-28(31-27)33-14-12-32(13-15-33)18-21-8-11-25-26(16-21)36-19-35-25/h2-11,16H,12-15,17-19H2,1H3,(H,29,30,31). The number of para-hydroxylation sites is 1. The molecule has 0 amide bonds. The third-order valence-electron chi connectivity index (χ3n) is 6.71. The van der Waals surface area contributed by atoms with Gasteiger partial charge in [0.1, 0.15) is 11.6 Å². The molecule has 4 aromatic rings. The van der Waals surface area contributed by atoms with Crippen LogP contribution in [0.2, 0.25) is 0 Å². The highest BCUT2D eigenvalue weighted by molar-refractivity contribution is 5.90. The van der Waals surface area contributed by atoms with Crippen molar-refractivity contribution in [2.45, 2.75) is 13.1 Å². The first-order valence-corrected chi connectivity index (χ1v) is 12.2. The van der Waals surface area contributed by atoms with Crippen LogP contribution in [0.3, 0.4) is 0 Å². The Balaban J connectivity index is 1.14. The Morgan fingerprint density at radius 3 is 2.47 bits per heavy atom. The van der Waals surface area contributed by atoms with Crippen LogP contribution in [0.1, 0.15) is 11.1 Å². The zero-order valence-corrected chi connectivity index (χ0v) is 20.3. The van der Waals surface area contributed by atoms with E-state index in [0.29, 0.717) is 13.3 Å². The molecule has 1 fully saturated rings. The number of nitrogens with zero attached hydrogens (tertiary/aromatic N) is 4. The van der Waals surface area contributed by atoms with Crippen molar-refractivity contribution in [1.29, 1.82) is 0 Å². The lowest BCUT2D eigenvalue weighted by Crippen LogP contribution is -2.46. The van der Waals surface area contributed by atoms with Gasteiger partial charge in [0.25, 0.3) is 0 Å². The van der Waals surface area contributed by atoms with E-state index in [0.717, 1.165) is 78.2 Å². The molecule has 8 nitrogen and oxygen atoms in total. The van der Waals surface area contributed by atoms with Crippen LogP contribution in [0.15, 0.2) is 66.7 Å². The van der Waals surface area contributed by atoms with Gasteiger partial charge in [-0.15, -0.1) is 0 Å². The summed E-state index contributed by atoms with van der Waals surface area (Å²) in [4.78, 5) is 14.6. The van der Waals surface area contributed by atoms with Crippen molar-refractivity contribution in [3.63, 3.8) is 0 Å². The molecule has 0 radical (unpaired) electrons. The van der Waals surface area contributed by atoms with Gasteiger partial charge in [-0.2, -0.15) is 4.98 Å². The molecule has 0 aliphatic carbocycles. The SMILES string of the molecule is COc1ccc(CNc2nc(N3CCN(Cc4ccc5c(c4)OCO5)CC3)nc3ccccc23)cc1. The largest absolute Gasteiger partial charge is 0.497 e. The maximum Gasteiger partial charge on any atom is 0.231 e. The summed E-state index contributed by atoms with van der Waals surface area (Å²) in [6.45, 7) is 5.51. The molecule has 0 spiro atoms. The predicted molar refractivity (Wildman–Crippen MR) is 140 cm³/mol. The number of anilines is 2. The highest BCUT2D eigenvalue weighted by Crippen LogP contribution is 2.33. The average molecular weight is 484 g/mol. The number of hydrogen-bond donors (Lipinski definition) is 1. The summed E-state index contributed by atoms with van der Waals surface area (Å²) in [5.74, 6) is 4.15. The van der Waals surface area contributed by atoms with Gasteiger partial charge in [-0.05, 0) is 47.5 Å². The van der Waals surface area contributed by atoms with Crippen LogP contribution in [0.5, 0.6) is 17.2 Å². The van der Waals surface area contributed by atoms with E-state index in [1.165, 1.54) is 5.56 Å². The number of piperazine rings is 1. The van der Waals surface area contributed by atoms with Gasteiger partial charge >= 0.3 is 0 Å². The first-order valence-electron chi connectivity index (χ1n) is 12.2. The molecule has 2 aliphatic rings. The Bertz CT molecular complexity index is 1350. The molecule has 0 saturated carbocycles. The summed E-state index contributed by atoms with van der Waals surface area (Å²) in [5.41, 5.74) is 3.35. The first kappa shape index (κ1) is 22.4. The van der Waals surface area contributed by atoms with Crippen LogP contribution in [0, 0.1) is 0 Å². The molecule has 3 aromatic carbocycles. The van der Waals surface area contributed by atoms with Crippen molar-refractivity contribution >= 4 is 22.7 Å². The highest BCUT2D eigenvalue weighted by Gasteiger charge is 2.21. The maximum absolute atomic E-state index is 5.53. The summed E-state index contributed by atoms with van der Waals surface area (Å²) < 4.78 is 16.2. The number of hydrogen-bond acceptors (Lipinski definition) is 8. The van der Waals surface area contributed by atoms with Gasteiger partial charge in [0, 0.05) is 44.7 Å². The van der Waals surface area contributed by atoms with Crippen molar-refractivity contribution in [2.75, 3.05) is 50.3 Å². The van der Waals surface area contributed by atoms with Crippen molar-refractivity contribution in [3.8, 4) is 17.2 Å². The molecule has 2 aliphatic heterocycles. The van der Waals surface area contributed by atoms with Gasteiger partial charge in [-0.1, -0.05) is 30.3 Å². The summed E-state index contributed by atoms with van der Waals surface area (Å²) in [6.07, 6.45) is 0. The Hall–Kier alpha value is -4.04. The quantitative estimate of drug-likeness (QED) is 0.417. The van der Waals surface area contributed by atoms with Crippen molar-refractivity contribution in [1.82, 2.24) is 14.9 Å². The molecule has 6 rings (SSSR count). The van der Waals surface area contributed by atoms with Crippen LogP contribution >= 0.6 is 0 Å². The lowest BCUT2D eigenvalue weighted by Gasteiger charge is -2.35. The van der Waals surface area contributed by atoms with E-state index in [1.807, 2.05) is 30.3 Å². The van der Waals surface area contributed by atoms with Crippen LogP contribution in [-0.4, -0.2) is 54.9 Å². The van der Waals surface area contributed by atoms with Gasteiger partial charge in [0.15, 0.2) is 11.5 Å². The van der Waals surface area contributed by atoms with E-state index in [9.17, 15) is 0 Å². The second-order valence-corrected chi connectivity index (χ2v) is 9.04. The number of methoxy groups -OCH3 is 1. The molecular formula is C28H29N5O3. The highest BCUT2D eigenvalue weighted by atomic mass is 16.7. The lowest BCUT2D eigenvalue weighted by molar-refractivity contribution is 0.174.